The number of hydrogen-bond acceptors (Lipinski definition) is 4. The molecule has 1 N–H and O–H groups in total. The summed E-state index contributed by atoms with van der Waals surface area (Å²) in [6, 6.07) is 3.91. The molecule has 98 valence electrons. The lowest BCUT2D eigenvalue weighted by Gasteiger charge is -2.33. The normalized spacial score (nSPS) is 20.9. The molecule has 0 bridgehead atoms. The number of rotatable bonds is 3. The van der Waals surface area contributed by atoms with Gasteiger partial charge in [-0.1, -0.05) is 0 Å². The summed E-state index contributed by atoms with van der Waals surface area (Å²) in [5, 5.41) is 14.2. The Hall–Kier alpha value is -1.53. The van der Waals surface area contributed by atoms with E-state index >= 15 is 0 Å². The van der Waals surface area contributed by atoms with Crippen molar-refractivity contribution in [1.82, 2.24) is 10.2 Å². The molecule has 1 aromatic carbocycles. The highest BCUT2D eigenvalue weighted by atomic mass is 19.1. The van der Waals surface area contributed by atoms with Gasteiger partial charge in [-0.2, -0.15) is 0 Å². The highest BCUT2D eigenvalue weighted by Gasteiger charge is 2.22. The lowest BCUT2D eigenvalue weighted by molar-refractivity contribution is -0.385. The van der Waals surface area contributed by atoms with Gasteiger partial charge in [0.1, 0.15) is 5.82 Å². The number of halogens is 1. The van der Waals surface area contributed by atoms with Crippen molar-refractivity contribution in [1.29, 1.82) is 0 Å². The second-order valence-electron chi connectivity index (χ2n) is 4.55. The van der Waals surface area contributed by atoms with Crippen LogP contribution in [0.4, 0.5) is 10.1 Å². The first kappa shape index (κ1) is 12.9. The first-order valence-electron chi connectivity index (χ1n) is 5.95. The van der Waals surface area contributed by atoms with E-state index in [1.165, 1.54) is 12.1 Å². The average molecular weight is 253 g/mol. The summed E-state index contributed by atoms with van der Waals surface area (Å²) in [5.41, 5.74) is 0.427. The van der Waals surface area contributed by atoms with Crippen LogP contribution in [-0.4, -0.2) is 35.5 Å². The Morgan fingerprint density at radius 2 is 2.39 bits per heavy atom. The van der Waals surface area contributed by atoms with Gasteiger partial charge in [0.2, 0.25) is 0 Å². The summed E-state index contributed by atoms with van der Waals surface area (Å²) >= 11 is 0. The Labute approximate surface area is 105 Å². The molecular formula is C12H16FN3O2. The molecule has 5 nitrogen and oxygen atoms in total. The highest BCUT2D eigenvalue weighted by Crippen LogP contribution is 2.22. The van der Waals surface area contributed by atoms with E-state index in [0.29, 0.717) is 18.2 Å². The van der Waals surface area contributed by atoms with Crippen LogP contribution in [0, 0.1) is 15.9 Å². The summed E-state index contributed by atoms with van der Waals surface area (Å²) in [6.45, 7) is 4.99. The lowest BCUT2D eigenvalue weighted by atomic mass is 10.1. The monoisotopic (exact) mass is 253 g/mol. The zero-order chi connectivity index (χ0) is 13.1. The molecule has 1 heterocycles. The maximum absolute atomic E-state index is 13.2. The summed E-state index contributed by atoms with van der Waals surface area (Å²) < 4.78 is 13.2. The smallest absolute Gasteiger partial charge is 0.274 e. The van der Waals surface area contributed by atoms with Crippen LogP contribution in [0.25, 0.3) is 0 Å². The van der Waals surface area contributed by atoms with Crippen molar-refractivity contribution in [2.45, 2.75) is 19.5 Å². The van der Waals surface area contributed by atoms with E-state index in [9.17, 15) is 14.5 Å². The van der Waals surface area contributed by atoms with Crippen LogP contribution in [0.5, 0.6) is 0 Å². The Morgan fingerprint density at radius 1 is 1.61 bits per heavy atom. The first-order chi connectivity index (χ1) is 8.58. The van der Waals surface area contributed by atoms with E-state index in [1.54, 1.807) is 0 Å². The van der Waals surface area contributed by atoms with Crippen molar-refractivity contribution in [3.8, 4) is 0 Å². The van der Waals surface area contributed by atoms with Crippen LogP contribution < -0.4 is 5.32 Å². The first-order valence-corrected chi connectivity index (χ1v) is 5.95. The van der Waals surface area contributed by atoms with Crippen LogP contribution in [-0.2, 0) is 6.54 Å². The van der Waals surface area contributed by atoms with Gasteiger partial charge in [-0.25, -0.2) is 4.39 Å². The van der Waals surface area contributed by atoms with E-state index in [-0.39, 0.29) is 5.69 Å². The van der Waals surface area contributed by atoms with Crippen molar-refractivity contribution in [2.75, 3.05) is 19.6 Å². The summed E-state index contributed by atoms with van der Waals surface area (Å²) in [4.78, 5) is 12.6. The quantitative estimate of drug-likeness (QED) is 0.655. The van der Waals surface area contributed by atoms with E-state index in [4.69, 9.17) is 0 Å². The van der Waals surface area contributed by atoms with E-state index in [0.717, 1.165) is 25.7 Å². The second kappa shape index (κ2) is 5.41. The molecule has 0 unspecified atom stereocenters. The predicted molar refractivity (Wildman–Crippen MR) is 65.8 cm³/mol. The predicted octanol–water partition coefficient (Wildman–Crippen LogP) is 1.53. The third kappa shape index (κ3) is 2.83. The number of benzene rings is 1. The Balaban J connectivity index is 2.21. The molecule has 1 aliphatic rings. The molecule has 0 aliphatic carbocycles. The minimum atomic E-state index is -0.457. The zero-order valence-electron chi connectivity index (χ0n) is 10.2. The van der Waals surface area contributed by atoms with Crippen LogP contribution in [0.1, 0.15) is 12.5 Å². The fourth-order valence-corrected chi connectivity index (χ4v) is 2.20. The van der Waals surface area contributed by atoms with Crippen LogP contribution in [0.2, 0.25) is 0 Å². The number of nitro benzene ring substituents is 1. The molecule has 0 radical (unpaired) electrons. The van der Waals surface area contributed by atoms with Gasteiger partial charge < -0.3 is 5.32 Å². The van der Waals surface area contributed by atoms with Gasteiger partial charge in [0, 0.05) is 43.9 Å². The van der Waals surface area contributed by atoms with Crippen molar-refractivity contribution >= 4 is 5.69 Å². The van der Waals surface area contributed by atoms with Gasteiger partial charge in [-0.3, -0.25) is 15.0 Å². The molecule has 0 aromatic heterocycles. The molecule has 2 rings (SSSR count). The highest BCUT2D eigenvalue weighted by molar-refractivity contribution is 5.40. The van der Waals surface area contributed by atoms with Gasteiger partial charge in [-0.15, -0.1) is 0 Å². The fraction of sp³-hybridized carbons (Fsp3) is 0.500. The van der Waals surface area contributed by atoms with Crippen molar-refractivity contribution in [2.24, 2.45) is 0 Å². The summed E-state index contributed by atoms with van der Waals surface area (Å²) in [6.07, 6.45) is 0. The fourth-order valence-electron chi connectivity index (χ4n) is 2.20. The Bertz CT molecular complexity index is 453. The van der Waals surface area contributed by atoms with E-state index in [2.05, 4.69) is 17.1 Å². The molecule has 1 aromatic rings. The number of piperazine rings is 1. The number of nitro groups is 1. The molecule has 1 aliphatic heterocycles. The molecule has 0 spiro atoms. The number of hydrogen-bond donors (Lipinski definition) is 1. The molecule has 6 heteroatoms. The lowest BCUT2D eigenvalue weighted by Crippen LogP contribution is -2.49. The van der Waals surface area contributed by atoms with Crippen molar-refractivity contribution in [3.05, 3.63) is 39.7 Å². The molecule has 1 atom stereocenters. The molecular weight excluding hydrogens is 237 g/mol. The van der Waals surface area contributed by atoms with Crippen molar-refractivity contribution < 1.29 is 9.31 Å². The third-order valence-corrected chi connectivity index (χ3v) is 3.25. The van der Waals surface area contributed by atoms with Gasteiger partial charge in [-0.05, 0) is 19.1 Å². The topological polar surface area (TPSA) is 58.4 Å². The maximum atomic E-state index is 13.2. The van der Waals surface area contributed by atoms with Crippen LogP contribution >= 0.6 is 0 Å². The molecule has 1 saturated heterocycles. The zero-order valence-corrected chi connectivity index (χ0v) is 10.2. The summed E-state index contributed by atoms with van der Waals surface area (Å²) in [7, 11) is 0. The maximum Gasteiger partial charge on any atom is 0.274 e. The van der Waals surface area contributed by atoms with Gasteiger partial charge >= 0.3 is 0 Å². The minimum absolute atomic E-state index is 0.0119. The van der Waals surface area contributed by atoms with Gasteiger partial charge in [0.25, 0.3) is 5.69 Å². The van der Waals surface area contributed by atoms with Crippen LogP contribution in [0.15, 0.2) is 18.2 Å². The van der Waals surface area contributed by atoms with E-state index < -0.39 is 10.7 Å². The Kier molecular flexibility index (Phi) is 3.88. The molecule has 1 fully saturated rings. The largest absolute Gasteiger partial charge is 0.314 e. The van der Waals surface area contributed by atoms with Crippen LogP contribution in [0.3, 0.4) is 0 Å². The molecule has 0 amide bonds. The van der Waals surface area contributed by atoms with Gasteiger partial charge in [0.15, 0.2) is 0 Å². The number of nitrogens with zero attached hydrogens (tertiary/aromatic N) is 2. The Morgan fingerprint density at radius 3 is 3.06 bits per heavy atom. The SMILES string of the molecule is C[C@H]1CNCCN1Cc1cc(F)ccc1[N+](=O)[O-]. The van der Waals surface area contributed by atoms with Crippen molar-refractivity contribution in [3.63, 3.8) is 0 Å². The van der Waals surface area contributed by atoms with E-state index in [1.807, 2.05) is 0 Å². The minimum Gasteiger partial charge on any atom is -0.314 e. The number of nitrogens with one attached hydrogen (secondary N) is 1. The standard InChI is InChI=1S/C12H16FN3O2/c1-9-7-14-4-5-15(9)8-10-6-11(13)2-3-12(10)16(17)18/h2-3,6,9,14H,4-5,7-8H2,1H3/t9-/m0/s1. The molecule has 0 saturated carbocycles. The third-order valence-electron chi connectivity index (χ3n) is 3.25. The summed E-state index contributed by atoms with van der Waals surface area (Å²) in [5.74, 6) is -0.432. The molecule has 18 heavy (non-hydrogen) atoms. The van der Waals surface area contributed by atoms with Gasteiger partial charge in [0.05, 0.1) is 4.92 Å². The average Bonchev–Trinajstić information content (AvgIpc) is 2.32. The second-order valence-corrected chi connectivity index (χ2v) is 4.55.